The van der Waals surface area contributed by atoms with Gasteiger partial charge in [0.2, 0.25) is 0 Å². The summed E-state index contributed by atoms with van der Waals surface area (Å²) in [6.07, 6.45) is 1.24. The van der Waals surface area contributed by atoms with Gasteiger partial charge in [-0.15, -0.1) is 0 Å². The minimum atomic E-state index is -0.498. The zero-order chi connectivity index (χ0) is 15.3. The van der Waals surface area contributed by atoms with Crippen LogP contribution in [0.3, 0.4) is 0 Å². The first kappa shape index (κ1) is 15.0. The maximum absolute atomic E-state index is 13.7. The third kappa shape index (κ3) is 2.74. The number of hydrogen-bond donors (Lipinski definition) is 0. The van der Waals surface area contributed by atoms with E-state index in [-0.39, 0.29) is 5.82 Å². The van der Waals surface area contributed by atoms with Crippen molar-refractivity contribution in [3.05, 3.63) is 29.6 Å². The molecule has 0 spiro atoms. The van der Waals surface area contributed by atoms with E-state index >= 15 is 0 Å². The molecule has 0 aromatic heterocycles. The van der Waals surface area contributed by atoms with Crippen molar-refractivity contribution >= 4 is 12.6 Å². The summed E-state index contributed by atoms with van der Waals surface area (Å²) >= 11 is 0. The van der Waals surface area contributed by atoms with Crippen LogP contribution in [0.2, 0.25) is 0 Å². The van der Waals surface area contributed by atoms with Gasteiger partial charge < -0.3 is 9.31 Å². The molecule has 1 aromatic carbocycles. The van der Waals surface area contributed by atoms with Crippen LogP contribution in [0.25, 0.3) is 0 Å². The van der Waals surface area contributed by atoms with E-state index in [4.69, 9.17) is 9.31 Å². The van der Waals surface area contributed by atoms with Gasteiger partial charge in [-0.05, 0) is 70.4 Å². The number of benzene rings is 1. The monoisotopic (exact) mass is 291 g/mol. The Hall–Kier alpha value is -0.905. The van der Waals surface area contributed by atoms with Gasteiger partial charge in [0.1, 0.15) is 5.82 Å². The Morgan fingerprint density at radius 1 is 1.14 bits per heavy atom. The molecule has 0 aliphatic carbocycles. The van der Waals surface area contributed by atoms with E-state index in [9.17, 15) is 4.39 Å². The fourth-order valence-electron chi connectivity index (χ4n) is 2.68. The molecule has 0 unspecified atom stereocenters. The summed E-state index contributed by atoms with van der Waals surface area (Å²) in [5.74, 6) is -0.243. The lowest BCUT2D eigenvalue weighted by Gasteiger charge is -2.32. The van der Waals surface area contributed by atoms with Gasteiger partial charge in [-0.1, -0.05) is 6.07 Å². The van der Waals surface area contributed by atoms with E-state index in [1.807, 2.05) is 33.8 Å². The van der Waals surface area contributed by atoms with Gasteiger partial charge >= 0.3 is 7.12 Å². The molecule has 3 nitrogen and oxygen atoms in total. The molecule has 0 saturated carbocycles. The van der Waals surface area contributed by atoms with Gasteiger partial charge in [-0.2, -0.15) is 0 Å². The van der Waals surface area contributed by atoms with Crippen LogP contribution in [0.4, 0.5) is 4.39 Å². The lowest BCUT2D eigenvalue weighted by molar-refractivity contribution is 0.00578. The maximum Gasteiger partial charge on any atom is 0.495 e. The predicted octanol–water partition coefficient (Wildman–Crippen LogP) is 2.33. The molecule has 2 aliphatic heterocycles. The average molecular weight is 291 g/mol. The summed E-state index contributed by atoms with van der Waals surface area (Å²) in [6.45, 7) is 11.1. The Morgan fingerprint density at radius 3 is 2.29 bits per heavy atom. The quantitative estimate of drug-likeness (QED) is 0.798. The van der Waals surface area contributed by atoms with Gasteiger partial charge in [0.25, 0.3) is 0 Å². The van der Waals surface area contributed by atoms with Crippen LogP contribution in [-0.4, -0.2) is 36.3 Å². The van der Waals surface area contributed by atoms with Crippen LogP contribution in [0.15, 0.2) is 18.2 Å². The average Bonchev–Trinajstić information content (AvgIpc) is 2.54. The third-order valence-corrected chi connectivity index (χ3v) is 4.96. The highest BCUT2D eigenvalue weighted by Gasteiger charge is 2.52. The Morgan fingerprint density at radius 2 is 1.76 bits per heavy atom. The van der Waals surface area contributed by atoms with Gasteiger partial charge in [-0.25, -0.2) is 4.39 Å². The van der Waals surface area contributed by atoms with Gasteiger partial charge in [0.05, 0.1) is 11.2 Å². The first-order valence-electron chi connectivity index (χ1n) is 7.65. The summed E-state index contributed by atoms with van der Waals surface area (Å²) in [4.78, 5) is 2.35. The zero-order valence-electron chi connectivity index (χ0n) is 13.3. The fraction of sp³-hybridized carbons (Fsp3) is 0.625. The second-order valence-electron chi connectivity index (χ2n) is 7.06. The standard InChI is InChI=1S/C16H23BFNO2/c1-15(2)16(3,4)21-17(20-15)14-10-13(18)7-6-12(14)11-19-8-5-9-19/h6-7,10H,5,8-9,11H2,1-4H3. The summed E-state index contributed by atoms with van der Waals surface area (Å²) in [5.41, 5.74) is 1.10. The van der Waals surface area contributed by atoms with Gasteiger partial charge in [0.15, 0.2) is 0 Å². The van der Waals surface area contributed by atoms with Crippen molar-refractivity contribution in [2.24, 2.45) is 0 Å². The van der Waals surface area contributed by atoms with E-state index in [0.29, 0.717) is 0 Å². The molecule has 0 amide bonds. The molecule has 114 valence electrons. The van der Waals surface area contributed by atoms with Crippen LogP contribution in [0, 0.1) is 5.82 Å². The molecule has 2 saturated heterocycles. The number of rotatable bonds is 3. The molecular formula is C16H23BFNO2. The Balaban J connectivity index is 1.88. The Bertz CT molecular complexity index is 527. The molecule has 2 aliphatic rings. The number of likely N-dealkylation sites (tertiary alicyclic amines) is 1. The molecule has 0 radical (unpaired) electrons. The van der Waals surface area contributed by atoms with Crippen LogP contribution in [0.5, 0.6) is 0 Å². The molecular weight excluding hydrogens is 268 g/mol. The summed E-state index contributed by atoms with van der Waals surface area (Å²) in [6, 6.07) is 4.93. The highest BCUT2D eigenvalue weighted by atomic mass is 19.1. The van der Waals surface area contributed by atoms with E-state index in [1.165, 1.54) is 12.5 Å². The van der Waals surface area contributed by atoms with Crippen molar-refractivity contribution in [1.82, 2.24) is 4.90 Å². The zero-order valence-corrected chi connectivity index (χ0v) is 13.3. The Kier molecular flexibility index (Phi) is 3.63. The van der Waals surface area contributed by atoms with Crippen molar-refractivity contribution in [3.63, 3.8) is 0 Å². The molecule has 5 heteroatoms. The number of halogens is 1. The molecule has 0 N–H and O–H groups in total. The number of hydrogen-bond acceptors (Lipinski definition) is 3. The lowest BCUT2D eigenvalue weighted by atomic mass is 9.75. The van der Waals surface area contributed by atoms with Crippen LogP contribution >= 0.6 is 0 Å². The SMILES string of the molecule is CC1(C)OB(c2cc(F)ccc2CN2CCC2)OC1(C)C. The van der Waals surface area contributed by atoms with Crippen molar-refractivity contribution in [3.8, 4) is 0 Å². The second kappa shape index (κ2) is 5.08. The van der Waals surface area contributed by atoms with Gasteiger partial charge in [-0.3, -0.25) is 4.90 Å². The van der Waals surface area contributed by atoms with Crippen molar-refractivity contribution in [2.75, 3.05) is 13.1 Å². The Labute approximate surface area is 126 Å². The lowest BCUT2D eigenvalue weighted by Crippen LogP contribution is -2.42. The van der Waals surface area contributed by atoms with Crippen LogP contribution in [-0.2, 0) is 15.9 Å². The van der Waals surface area contributed by atoms with E-state index in [2.05, 4.69) is 4.90 Å². The highest BCUT2D eigenvalue weighted by molar-refractivity contribution is 6.62. The molecule has 2 heterocycles. The molecule has 2 fully saturated rings. The molecule has 21 heavy (non-hydrogen) atoms. The minimum Gasteiger partial charge on any atom is -0.399 e. The van der Waals surface area contributed by atoms with E-state index in [0.717, 1.165) is 30.7 Å². The summed E-state index contributed by atoms with van der Waals surface area (Å²) < 4.78 is 25.8. The van der Waals surface area contributed by atoms with E-state index in [1.54, 1.807) is 6.07 Å². The summed E-state index contributed by atoms with van der Waals surface area (Å²) in [7, 11) is -0.498. The van der Waals surface area contributed by atoms with Crippen LogP contribution < -0.4 is 5.46 Å². The van der Waals surface area contributed by atoms with Crippen molar-refractivity contribution in [1.29, 1.82) is 0 Å². The first-order chi connectivity index (χ1) is 9.78. The highest BCUT2D eigenvalue weighted by Crippen LogP contribution is 2.36. The summed E-state index contributed by atoms with van der Waals surface area (Å²) in [5, 5.41) is 0. The first-order valence-corrected chi connectivity index (χ1v) is 7.65. The maximum atomic E-state index is 13.7. The van der Waals surface area contributed by atoms with Crippen LogP contribution in [0.1, 0.15) is 39.7 Å². The molecule has 3 rings (SSSR count). The van der Waals surface area contributed by atoms with Gasteiger partial charge in [0, 0.05) is 6.54 Å². The normalized spacial score (nSPS) is 24.1. The predicted molar refractivity (Wildman–Crippen MR) is 82.0 cm³/mol. The second-order valence-corrected chi connectivity index (χ2v) is 7.06. The van der Waals surface area contributed by atoms with E-state index < -0.39 is 18.3 Å². The smallest absolute Gasteiger partial charge is 0.399 e. The number of nitrogens with zero attached hydrogens (tertiary/aromatic N) is 1. The molecule has 1 aromatic rings. The minimum absolute atomic E-state index is 0.243. The molecule has 0 atom stereocenters. The van der Waals surface area contributed by atoms with Crippen molar-refractivity contribution in [2.45, 2.75) is 51.9 Å². The van der Waals surface area contributed by atoms with Crippen molar-refractivity contribution < 1.29 is 13.7 Å². The molecule has 0 bridgehead atoms. The largest absolute Gasteiger partial charge is 0.495 e. The third-order valence-electron chi connectivity index (χ3n) is 4.96. The fourth-order valence-corrected chi connectivity index (χ4v) is 2.68. The topological polar surface area (TPSA) is 21.7 Å².